The van der Waals surface area contributed by atoms with Crippen molar-refractivity contribution in [3.05, 3.63) is 55.2 Å². The van der Waals surface area contributed by atoms with E-state index in [4.69, 9.17) is 34.8 Å². The van der Waals surface area contributed by atoms with E-state index in [1.807, 2.05) is 0 Å². The Labute approximate surface area is 165 Å². The van der Waals surface area contributed by atoms with Gasteiger partial charge in [-0.3, -0.25) is 4.79 Å². The number of thiophene rings is 1. The van der Waals surface area contributed by atoms with Crippen molar-refractivity contribution in [2.24, 2.45) is 0 Å². The van der Waals surface area contributed by atoms with Crippen LogP contribution in [0.1, 0.15) is 27.6 Å². The molecule has 4 nitrogen and oxygen atoms in total. The van der Waals surface area contributed by atoms with Crippen LogP contribution in [0.25, 0.3) is 0 Å². The summed E-state index contributed by atoms with van der Waals surface area (Å²) in [4.78, 5) is 14.2. The van der Waals surface area contributed by atoms with Gasteiger partial charge in [0.2, 0.25) is 0 Å². The molecular weight excluding hydrogens is 425 g/mol. The van der Waals surface area contributed by atoms with Gasteiger partial charge in [-0.25, -0.2) is 8.42 Å². The van der Waals surface area contributed by atoms with E-state index in [9.17, 15) is 13.2 Å². The topological polar surface area (TPSA) is 54.5 Å². The van der Waals surface area contributed by atoms with E-state index in [1.165, 1.54) is 11.0 Å². The van der Waals surface area contributed by atoms with Crippen LogP contribution in [0.15, 0.2) is 30.3 Å². The van der Waals surface area contributed by atoms with E-state index >= 15 is 0 Å². The SMILES string of the molecule is O=C(c1cc(Cl)sc1Cl)N1CC[C@@H](c2ccccc2Cl)S(=O)(=O)CC1. The van der Waals surface area contributed by atoms with Crippen LogP contribution in [-0.4, -0.2) is 38.1 Å². The van der Waals surface area contributed by atoms with E-state index < -0.39 is 15.1 Å². The van der Waals surface area contributed by atoms with Gasteiger partial charge in [-0.15, -0.1) is 11.3 Å². The first-order valence-electron chi connectivity index (χ1n) is 7.49. The molecule has 1 amide bonds. The minimum absolute atomic E-state index is 0.117. The number of rotatable bonds is 2. The van der Waals surface area contributed by atoms with Crippen molar-refractivity contribution in [1.82, 2.24) is 4.90 Å². The van der Waals surface area contributed by atoms with Crippen molar-refractivity contribution in [3.8, 4) is 0 Å². The third kappa shape index (κ3) is 3.98. The lowest BCUT2D eigenvalue weighted by Crippen LogP contribution is -2.33. The maximum Gasteiger partial charge on any atom is 0.256 e. The number of nitrogens with zero attached hydrogens (tertiary/aromatic N) is 1. The lowest BCUT2D eigenvalue weighted by molar-refractivity contribution is 0.0767. The second kappa shape index (κ2) is 7.45. The van der Waals surface area contributed by atoms with Crippen LogP contribution in [0, 0.1) is 0 Å². The van der Waals surface area contributed by atoms with E-state index in [1.54, 1.807) is 24.3 Å². The Hall–Kier alpha value is -0.790. The van der Waals surface area contributed by atoms with Gasteiger partial charge in [0.05, 0.1) is 20.9 Å². The Morgan fingerprint density at radius 1 is 1.16 bits per heavy atom. The van der Waals surface area contributed by atoms with E-state index in [0.29, 0.717) is 31.4 Å². The van der Waals surface area contributed by atoms with Gasteiger partial charge in [0.25, 0.3) is 5.91 Å². The third-order valence-electron chi connectivity index (χ3n) is 4.17. The van der Waals surface area contributed by atoms with Crippen LogP contribution in [0.2, 0.25) is 13.7 Å². The van der Waals surface area contributed by atoms with Crippen molar-refractivity contribution in [2.45, 2.75) is 11.7 Å². The highest BCUT2D eigenvalue weighted by molar-refractivity contribution is 7.91. The largest absolute Gasteiger partial charge is 0.338 e. The number of benzene rings is 1. The number of carbonyl (C=O) groups is 1. The molecule has 134 valence electrons. The molecular formula is C16H14Cl3NO3S2. The molecule has 1 aliphatic heterocycles. The van der Waals surface area contributed by atoms with Gasteiger partial charge in [0.1, 0.15) is 4.34 Å². The zero-order chi connectivity index (χ0) is 18.2. The van der Waals surface area contributed by atoms with Crippen molar-refractivity contribution in [2.75, 3.05) is 18.8 Å². The minimum Gasteiger partial charge on any atom is -0.338 e. The zero-order valence-corrected chi connectivity index (χ0v) is 16.8. The molecule has 25 heavy (non-hydrogen) atoms. The van der Waals surface area contributed by atoms with Gasteiger partial charge in [0.15, 0.2) is 9.84 Å². The molecule has 2 aromatic rings. The van der Waals surface area contributed by atoms with Crippen molar-refractivity contribution >= 4 is 61.9 Å². The Balaban J connectivity index is 1.87. The molecule has 0 aliphatic carbocycles. The number of hydrogen-bond donors (Lipinski definition) is 0. The number of amides is 1. The lowest BCUT2D eigenvalue weighted by atomic mass is 10.1. The Bertz CT molecular complexity index is 911. The standard InChI is InChI=1S/C16H14Cl3NO3S2/c17-12-4-2-1-3-10(12)13-5-6-20(7-8-25(13,22)23)16(21)11-9-14(18)24-15(11)19/h1-4,9,13H,5-8H2/t13-/m0/s1. The van der Waals surface area contributed by atoms with Crippen molar-refractivity contribution in [1.29, 1.82) is 0 Å². The van der Waals surface area contributed by atoms with Gasteiger partial charge < -0.3 is 4.90 Å². The summed E-state index contributed by atoms with van der Waals surface area (Å²) in [7, 11) is -3.42. The zero-order valence-electron chi connectivity index (χ0n) is 12.9. The van der Waals surface area contributed by atoms with E-state index in [-0.39, 0.29) is 24.6 Å². The first-order valence-corrected chi connectivity index (χ1v) is 11.2. The summed E-state index contributed by atoms with van der Waals surface area (Å²) < 4.78 is 26.1. The average Bonchev–Trinajstić information content (AvgIpc) is 2.80. The van der Waals surface area contributed by atoms with Gasteiger partial charge >= 0.3 is 0 Å². The van der Waals surface area contributed by atoms with Gasteiger partial charge in [-0.2, -0.15) is 0 Å². The van der Waals surface area contributed by atoms with Crippen LogP contribution >= 0.6 is 46.1 Å². The fourth-order valence-corrected chi connectivity index (χ4v) is 6.49. The Morgan fingerprint density at radius 3 is 2.52 bits per heavy atom. The quantitative estimate of drug-likeness (QED) is 0.682. The van der Waals surface area contributed by atoms with E-state index in [2.05, 4.69) is 0 Å². The van der Waals surface area contributed by atoms with Crippen LogP contribution in [0.5, 0.6) is 0 Å². The van der Waals surface area contributed by atoms with Crippen LogP contribution in [0.4, 0.5) is 0 Å². The smallest absolute Gasteiger partial charge is 0.256 e. The molecule has 1 atom stereocenters. The molecule has 0 spiro atoms. The predicted octanol–water partition coefficient (Wildman–Crippen LogP) is 4.71. The summed E-state index contributed by atoms with van der Waals surface area (Å²) in [6.07, 6.45) is 0.285. The Kier molecular flexibility index (Phi) is 5.66. The minimum atomic E-state index is -3.42. The monoisotopic (exact) mass is 437 g/mol. The van der Waals surface area contributed by atoms with Crippen molar-refractivity contribution < 1.29 is 13.2 Å². The van der Waals surface area contributed by atoms with Crippen LogP contribution in [0.3, 0.4) is 0 Å². The fraction of sp³-hybridized carbons (Fsp3) is 0.312. The summed E-state index contributed by atoms with van der Waals surface area (Å²) in [5, 5.41) is -0.302. The Morgan fingerprint density at radius 2 is 1.88 bits per heavy atom. The molecule has 1 fully saturated rings. The molecule has 1 aromatic heterocycles. The summed E-state index contributed by atoms with van der Waals surface area (Å²) in [6, 6.07) is 8.43. The van der Waals surface area contributed by atoms with Gasteiger partial charge in [-0.05, 0) is 24.1 Å². The predicted molar refractivity (Wildman–Crippen MR) is 103 cm³/mol. The van der Waals surface area contributed by atoms with Crippen LogP contribution < -0.4 is 0 Å². The molecule has 3 rings (SSSR count). The first-order chi connectivity index (χ1) is 11.8. The first kappa shape index (κ1) is 19.0. The summed E-state index contributed by atoms with van der Waals surface area (Å²) in [6.45, 7) is 0.420. The average molecular weight is 439 g/mol. The number of carbonyl (C=O) groups excluding carboxylic acids is 1. The molecule has 0 radical (unpaired) electrons. The molecule has 0 N–H and O–H groups in total. The molecule has 0 unspecified atom stereocenters. The summed E-state index contributed by atoms with van der Waals surface area (Å²) in [5.74, 6) is -0.424. The maximum absolute atomic E-state index is 12.7. The number of hydrogen-bond acceptors (Lipinski definition) is 4. The molecule has 1 aliphatic rings. The van der Waals surface area contributed by atoms with Crippen molar-refractivity contribution in [3.63, 3.8) is 0 Å². The molecule has 9 heteroatoms. The van der Waals surface area contributed by atoms with E-state index in [0.717, 1.165) is 11.3 Å². The lowest BCUT2D eigenvalue weighted by Gasteiger charge is -2.19. The van der Waals surface area contributed by atoms with Gasteiger partial charge in [0, 0.05) is 18.1 Å². The number of halogens is 3. The third-order valence-corrected chi connectivity index (χ3v) is 8.11. The molecule has 2 heterocycles. The maximum atomic E-state index is 12.7. The normalized spacial score (nSPS) is 20.3. The summed E-state index contributed by atoms with van der Waals surface area (Å²) >= 11 is 19.2. The summed E-state index contributed by atoms with van der Waals surface area (Å²) in [5.41, 5.74) is 0.889. The second-order valence-corrected chi connectivity index (χ2v) is 10.7. The fourth-order valence-electron chi connectivity index (χ4n) is 2.89. The highest BCUT2D eigenvalue weighted by Crippen LogP contribution is 2.35. The van der Waals surface area contributed by atoms with Gasteiger partial charge in [-0.1, -0.05) is 53.0 Å². The molecule has 1 aromatic carbocycles. The number of sulfone groups is 1. The highest BCUT2D eigenvalue weighted by Gasteiger charge is 2.34. The molecule has 0 saturated carbocycles. The van der Waals surface area contributed by atoms with Crippen LogP contribution in [-0.2, 0) is 9.84 Å². The molecule has 0 bridgehead atoms. The second-order valence-electron chi connectivity index (χ2n) is 5.70. The highest BCUT2D eigenvalue weighted by atomic mass is 35.5. The molecule has 1 saturated heterocycles.